The average molecular weight is 328 g/mol. The van der Waals surface area contributed by atoms with E-state index in [1.54, 1.807) is 0 Å². The van der Waals surface area contributed by atoms with Crippen LogP contribution in [-0.4, -0.2) is 0 Å². The maximum Gasteiger partial charge on any atom is 2.00 e. The number of rotatable bonds is 2. The SMILES string of the molecule is CC[C@@H](C#Cc1ccc[cH-]1)c1ccccc1.[Fe+2].c1cc[cH-]c1. The van der Waals surface area contributed by atoms with E-state index >= 15 is 0 Å². The standard InChI is InChI=1S/C16H15.C5H5.Fe/c1-2-15(16-10-4-3-5-11-16)13-12-14-8-6-7-9-14;1-2-4-5-3-1;/h3-11,15H,2H2,1H3;1-5H;/q2*-1;+2/t15-;;/m0../s1. The summed E-state index contributed by atoms with van der Waals surface area (Å²) in [4.78, 5) is 0. The van der Waals surface area contributed by atoms with E-state index in [1.807, 2.05) is 60.7 Å². The second-order valence-electron chi connectivity index (χ2n) is 4.78. The molecule has 0 heterocycles. The second-order valence-corrected chi connectivity index (χ2v) is 4.78. The predicted molar refractivity (Wildman–Crippen MR) is 90.4 cm³/mol. The van der Waals surface area contributed by atoms with Crippen molar-refractivity contribution >= 4 is 0 Å². The molecular formula is C21H20Fe. The van der Waals surface area contributed by atoms with Gasteiger partial charge in [0.2, 0.25) is 0 Å². The third-order valence-corrected chi connectivity index (χ3v) is 3.22. The van der Waals surface area contributed by atoms with Crippen molar-refractivity contribution in [2.45, 2.75) is 19.3 Å². The summed E-state index contributed by atoms with van der Waals surface area (Å²) in [5.41, 5.74) is 2.42. The van der Waals surface area contributed by atoms with E-state index in [-0.39, 0.29) is 17.1 Å². The first-order chi connectivity index (χ1) is 10.4. The van der Waals surface area contributed by atoms with Gasteiger partial charge in [-0.3, -0.25) is 0 Å². The minimum absolute atomic E-state index is 0. The maximum atomic E-state index is 3.34. The third-order valence-electron chi connectivity index (χ3n) is 3.22. The van der Waals surface area contributed by atoms with Crippen LogP contribution < -0.4 is 0 Å². The molecular weight excluding hydrogens is 308 g/mol. The Balaban J connectivity index is 0.000000344. The van der Waals surface area contributed by atoms with Gasteiger partial charge in [0.25, 0.3) is 0 Å². The normalized spacial score (nSPS) is 10.2. The largest absolute Gasteiger partial charge is 2.00 e. The molecule has 0 saturated heterocycles. The molecule has 0 aliphatic rings. The molecule has 0 aliphatic heterocycles. The van der Waals surface area contributed by atoms with E-state index in [4.69, 9.17) is 0 Å². The number of benzene rings is 1. The molecule has 0 unspecified atom stereocenters. The quantitative estimate of drug-likeness (QED) is 0.338. The van der Waals surface area contributed by atoms with Crippen LogP contribution in [0.25, 0.3) is 0 Å². The average Bonchev–Trinajstić information content (AvgIpc) is 3.25. The summed E-state index contributed by atoms with van der Waals surface area (Å²) in [5.74, 6) is 6.91. The summed E-state index contributed by atoms with van der Waals surface area (Å²) in [7, 11) is 0. The van der Waals surface area contributed by atoms with Crippen LogP contribution >= 0.6 is 0 Å². The second kappa shape index (κ2) is 10.7. The molecule has 1 atom stereocenters. The van der Waals surface area contributed by atoms with E-state index in [0.717, 1.165) is 12.0 Å². The fourth-order valence-electron chi connectivity index (χ4n) is 2.05. The van der Waals surface area contributed by atoms with Crippen molar-refractivity contribution < 1.29 is 17.1 Å². The van der Waals surface area contributed by atoms with Gasteiger partial charge in [-0.15, -0.1) is 17.6 Å². The number of hydrogen-bond acceptors (Lipinski definition) is 0. The Hall–Kier alpha value is -2.00. The zero-order valence-electron chi connectivity index (χ0n) is 12.7. The third kappa shape index (κ3) is 6.19. The molecule has 0 nitrogen and oxygen atoms in total. The van der Waals surface area contributed by atoms with Crippen LogP contribution in [0, 0.1) is 11.8 Å². The van der Waals surface area contributed by atoms with Crippen LogP contribution in [0.15, 0.2) is 84.9 Å². The monoisotopic (exact) mass is 328 g/mol. The molecule has 1 heteroatoms. The minimum atomic E-state index is 0. The van der Waals surface area contributed by atoms with Gasteiger partial charge in [-0.1, -0.05) is 37.3 Å². The Kier molecular flexibility index (Phi) is 8.77. The minimum Gasteiger partial charge on any atom is -0.214 e. The first-order valence-corrected chi connectivity index (χ1v) is 7.35. The van der Waals surface area contributed by atoms with Crippen LogP contribution in [0.2, 0.25) is 0 Å². The van der Waals surface area contributed by atoms with Gasteiger partial charge < -0.3 is 0 Å². The predicted octanol–water partition coefficient (Wildman–Crippen LogP) is 5.35. The topological polar surface area (TPSA) is 0 Å². The Bertz CT molecular complexity index is 620. The van der Waals surface area contributed by atoms with Crippen molar-refractivity contribution in [1.29, 1.82) is 0 Å². The molecule has 0 saturated carbocycles. The van der Waals surface area contributed by atoms with Crippen molar-refractivity contribution in [2.24, 2.45) is 0 Å². The van der Waals surface area contributed by atoms with E-state index < -0.39 is 0 Å². The first-order valence-electron chi connectivity index (χ1n) is 7.35. The zero-order valence-corrected chi connectivity index (χ0v) is 13.8. The van der Waals surface area contributed by atoms with Gasteiger partial charge in [-0.05, 0) is 12.0 Å². The zero-order chi connectivity index (χ0) is 14.8. The summed E-state index contributed by atoms with van der Waals surface area (Å²) in [5, 5.41) is 0. The summed E-state index contributed by atoms with van der Waals surface area (Å²) in [6.07, 6.45) is 1.05. The summed E-state index contributed by atoms with van der Waals surface area (Å²) in [6.45, 7) is 2.18. The molecule has 3 aromatic carbocycles. The molecule has 0 radical (unpaired) electrons. The van der Waals surface area contributed by atoms with Crippen molar-refractivity contribution in [3.8, 4) is 11.8 Å². The molecule has 112 valence electrons. The molecule has 0 aliphatic carbocycles. The fourth-order valence-corrected chi connectivity index (χ4v) is 2.05. The van der Waals surface area contributed by atoms with Gasteiger partial charge >= 0.3 is 17.1 Å². The Labute approximate surface area is 144 Å². The van der Waals surface area contributed by atoms with Crippen molar-refractivity contribution in [2.75, 3.05) is 0 Å². The van der Waals surface area contributed by atoms with Crippen LogP contribution in [0.3, 0.4) is 0 Å². The van der Waals surface area contributed by atoms with Gasteiger partial charge in [0, 0.05) is 5.92 Å². The fraction of sp³-hybridized carbons (Fsp3) is 0.143. The molecule has 0 spiro atoms. The Morgan fingerprint density at radius 1 is 0.909 bits per heavy atom. The van der Waals surface area contributed by atoms with Crippen LogP contribution in [0.5, 0.6) is 0 Å². The molecule has 22 heavy (non-hydrogen) atoms. The van der Waals surface area contributed by atoms with Gasteiger partial charge in [0.05, 0.1) is 0 Å². The van der Waals surface area contributed by atoms with E-state index in [2.05, 4.69) is 43.0 Å². The van der Waals surface area contributed by atoms with Crippen LogP contribution in [-0.2, 0) is 17.1 Å². The van der Waals surface area contributed by atoms with Crippen molar-refractivity contribution in [3.63, 3.8) is 0 Å². The summed E-state index contributed by atoms with van der Waals surface area (Å²) < 4.78 is 0. The van der Waals surface area contributed by atoms with Gasteiger partial charge in [-0.2, -0.15) is 42.3 Å². The van der Waals surface area contributed by atoms with Gasteiger partial charge in [-0.25, -0.2) is 12.1 Å². The van der Waals surface area contributed by atoms with Gasteiger partial charge in [0.1, 0.15) is 0 Å². The van der Waals surface area contributed by atoms with Crippen molar-refractivity contribution in [3.05, 3.63) is 96.1 Å². The molecule has 0 bridgehead atoms. The smallest absolute Gasteiger partial charge is 0.214 e. The molecule has 3 rings (SSSR count). The Morgan fingerprint density at radius 2 is 1.64 bits per heavy atom. The van der Waals surface area contributed by atoms with E-state index in [1.165, 1.54) is 5.56 Å². The van der Waals surface area contributed by atoms with E-state index in [0.29, 0.717) is 5.92 Å². The summed E-state index contributed by atoms with van der Waals surface area (Å²) in [6, 6.07) is 28.6. The van der Waals surface area contributed by atoms with E-state index in [9.17, 15) is 0 Å². The van der Waals surface area contributed by atoms with Gasteiger partial charge in [0.15, 0.2) is 0 Å². The van der Waals surface area contributed by atoms with Crippen LogP contribution in [0.4, 0.5) is 0 Å². The molecule has 0 fully saturated rings. The molecule has 3 aromatic rings. The maximum absolute atomic E-state index is 3.34. The molecule has 0 amide bonds. The molecule has 0 N–H and O–H groups in total. The Morgan fingerprint density at radius 3 is 2.14 bits per heavy atom. The first kappa shape index (κ1) is 18.0. The van der Waals surface area contributed by atoms with Crippen molar-refractivity contribution in [1.82, 2.24) is 0 Å². The van der Waals surface area contributed by atoms with Crippen LogP contribution in [0.1, 0.15) is 30.4 Å². The summed E-state index contributed by atoms with van der Waals surface area (Å²) >= 11 is 0. The molecule has 0 aromatic heterocycles. The number of hydrogen-bond donors (Lipinski definition) is 0.